The van der Waals surface area contributed by atoms with Crippen molar-refractivity contribution in [3.63, 3.8) is 0 Å². The van der Waals surface area contributed by atoms with Crippen LogP contribution in [0.15, 0.2) is 5.34 Å². The Labute approximate surface area is 68.2 Å². The normalized spacial score (nSPS) is 33.3. The van der Waals surface area contributed by atoms with Crippen LogP contribution in [-0.2, 0) is 4.84 Å². The van der Waals surface area contributed by atoms with E-state index in [-0.39, 0.29) is 6.10 Å². The van der Waals surface area contributed by atoms with Gasteiger partial charge in [0.05, 0.1) is 4.83 Å². The fraction of sp³-hybridized carbons (Fsp3) is 1.00. The molecule has 0 amide bonds. The van der Waals surface area contributed by atoms with Gasteiger partial charge in [0.1, 0.15) is 6.10 Å². The molecule has 0 aromatic heterocycles. The summed E-state index contributed by atoms with van der Waals surface area (Å²) >= 11 is 3.43. The molecule has 0 radical (unpaired) electrons. The molecule has 1 aliphatic carbocycles. The topological polar surface area (TPSA) is 38.7 Å². The highest BCUT2D eigenvalue weighted by molar-refractivity contribution is 9.09. The fourth-order valence-electron chi connectivity index (χ4n) is 1.23. The molecule has 0 aromatic rings. The summed E-state index contributed by atoms with van der Waals surface area (Å²) in [5, 5.41) is 2.43. The van der Waals surface area contributed by atoms with Crippen molar-refractivity contribution in [1.29, 1.82) is 0 Å². The van der Waals surface area contributed by atoms with Crippen LogP contribution in [0.3, 0.4) is 0 Å². The Bertz CT molecular complexity index is 120. The van der Waals surface area contributed by atoms with Crippen LogP contribution < -0.4 is 0 Å². The molecule has 0 heterocycles. The van der Waals surface area contributed by atoms with Crippen LogP contribution in [0.1, 0.15) is 25.7 Å². The molecule has 10 heavy (non-hydrogen) atoms. The Hall–Kier alpha value is -0.120. The largest absolute Gasteiger partial charge is 0.360 e. The van der Waals surface area contributed by atoms with Crippen molar-refractivity contribution in [3.8, 4) is 0 Å². The second kappa shape index (κ2) is 3.91. The Morgan fingerprint density at radius 3 is 2.70 bits per heavy atom. The van der Waals surface area contributed by atoms with E-state index in [9.17, 15) is 4.91 Å². The summed E-state index contributed by atoms with van der Waals surface area (Å²) in [4.78, 5) is 14.7. The molecule has 0 spiro atoms. The van der Waals surface area contributed by atoms with Crippen molar-refractivity contribution in [1.82, 2.24) is 0 Å². The SMILES string of the molecule is O=NO[C@@H]1CCCC[C@H]1Br. The van der Waals surface area contributed by atoms with E-state index in [0.29, 0.717) is 4.83 Å². The smallest absolute Gasteiger partial charge is 0.155 e. The first-order valence-electron chi connectivity index (χ1n) is 3.47. The van der Waals surface area contributed by atoms with Crippen molar-refractivity contribution in [2.45, 2.75) is 36.6 Å². The Morgan fingerprint density at radius 2 is 2.10 bits per heavy atom. The van der Waals surface area contributed by atoms with Crippen LogP contribution in [0.2, 0.25) is 0 Å². The Balaban J connectivity index is 2.32. The first kappa shape index (κ1) is 7.98. The predicted octanol–water partition coefficient (Wildman–Crippen LogP) is 2.39. The molecular formula is C6H10BrNO2. The zero-order valence-electron chi connectivity index (χ0n) is 5.62. The summed E-state index contributed by atoms with van der Waals surface area (Å²) < 4.78 is 0. The van der Waals surface area contributed by atoms with E-state index in [4.69, 9.17) is 0 Å². The molecule has 58 valence electrons. The molecule has 1 rings (SSSR count). The van der Waals surface area contributed by atoms with Gasteiger partial charge in [0.15, 0.2) is 5.34 Å². The number of hydrogen-bond donors (Lipinski definition) is 0. The van der Waals surface area contributed by atoms with Gasteiger partial charge in [0, 0.05) is 0 Å². The molecule has 0 unspecified atom stereocenters. The van der Waals surface area contributed by atoms with E-state index in [1.54, 1.807) is 0 Å². The van der Waals surface area contributed by atoms with Gasteiger partial charge in [-0.2, -0.15) is 0 Å². The van der Waals surface area contributed by atoms with Crippen molar-refractivity contribution in [2.75, 3.05) is 0 Å². The third-order valence-corrected chi connectivity index (χ3v) is 2.85. The van der Waals surface area contributed by atoms with Crippen LogP contribution >= 0.6 is 15.9 Å². The van der Waals surface area contributed by atoms with Crippen molar-refractivity contribution < 1.29 is 4.84 Å². The molecule has 1 saturated carbocycles. The standard InChI is InChI=1S/C6H10BrNO2/c7-5-3-1-2-4-6(5)10-8-9/h5-6H,1-4H2/t5-,6-/m1/s1. The van der Waals surface area contributed by atoms with Crippen LogP contribution in [-0.4, -0.2) is 10.9 Å². The number of hydrogen-bond acceptors (Lipinski definition) is 3. The summed E-state index contributed by atoms with van der Waals surface area (Å²) in [5.41, 5.74) is 0. The number of halogens is 1. The quantitative estimate of drug-likeness (QED) is 0.397. The molecular weight excluding hydrogens is 198 g/mol. The molecule has 0 saturated heterocycles. The number of alkyl halides is 1. The monoisotopic (exact) mass is 207 g/mol. The maximum absolute atomic E-state index is 9.73. The molecule has 0 aliphatic heterocycles. The zero-order valence-corrected chi connectivity index (χ0v) is 7.21. The highest BCUT2D eigenvalue weighted by atomic mass is 79.9. The molecule has 0 aromatic carbocycles. The van der Waals surface area contributed by atoms with E-state index in [1.807, 2.05) is 0 Å². The minimum Gasteiger partial charge on any atom is -0.360 e. The van der Waals surface area contributed by atoms with Gasteiger partial charge in [-0.05, 0) is 19.3 Å². The lowest BCUT2D eigenvalue weighted by molar-refractivity contribution is 0.0358. The van der Waals surface area contributed by atoms with Gasteiger partial charge in [0.25, 0.3) is 0 Å². The predicted molar refractivity (Wildman–Crippen MR) is 41.9 cm³/mol. The third-order valence-electron chi connectivity index (χ3n) is 1.80. The van der Waals surface area contributed by atoms with Gasteiger partial charge in [-0.25, -0.2) is 0 Å². The zero-order chi connectivity index (χ0) is 7.40. The summed E-state index contributed by atoms with van der Waals surface area (Å²) in [6, 6.07) is 0. The van der Waals surface area contributed by atoms with E-state index < -0.39 is 0 Å². The van der Waals surface area contributed by atoms with Gasteiger partial charge < -0.3 is 4.84 Å². The minimum atomic E-state index is 0.00579. The van der Waals surface area contributed by atoms with Crippen molar-refractivity contribution in [3.05, 3.63) is 4.91 Å². The molecule has 2 atom stereocenters. The van der Waals surface area contributed by atoms with Crippen LogP contribution in [0.4, 0.5) is 0 Å². The highest BCUT2D eigenvalue weighted by Crippen LogP contribution is 2.26. The van der Waals surface area contributed by atoms with Gasteiger partial charge >= 0.3 is 0 Å². The van der Waals surface area contributed by atoms with Crippen molar-refractivity contribution in [2.24, 2.45) is 5.34 Å². The van der Waals surface area contributed by atoms with Crippen molar-refractivity contribution >= 4 is 15.9 Å². The maximum Gasteiger partial charge on any atom is 0.155 e. The summed E-state index contributed by atoms with van der Waals surface area (Å²) in [6.45, 7) is 0. The molecule has 0 bridgehead atoms. The summed E-state index contributed by atoms with van der Waals surface area (Å²) in [5.74, 6) is 0. The average Bonchev–Trinajstić information content (AvgIpc) is 1.94. The van der Waals surface area contributed by atoms with E-state index in [2.05, 4.69) is 26.1 Å². The van der Waals surface area contributed by atoms with Gasteiger partial charge in [0.2, 0.25) is 0 Å². The van der Waals surface area contributed by atoms with Gasteiger partial charge in [-0.3, -0.25) is 0 Å². The molecule has 3 nitrogen and oxygen atoms in total. The second-order valence-electron chi connectivity index (χ2n) is 2.52. The van der Waals surface area contributed by atoms with Gasteiger partial charge in [-0.1, -0.05) is 22.4 Å². The third kappa shape index (κ3) is 1.94. The van der Waals surface area contributed by atoms with Gasteiger partial charge in [-0.15, -0.1) is 4.91 Å². The van der Waals surface area contributed by atoms with Crippen LogP contribution in [0, 0.1) is 4.91 Å². The molecule has 1 fully saturated rings. The van der Waals surface area contributed by atoms with E-state index >= 15 is 0 Å². The lowest BCUT2D eigenvalue weighted by Crippen LogP contribution is -2.25. The fourth-order valence-corrected chi connectivity index (χ4v) is 1.91. The first-order chi connectivity index (χ1) is 4.84. The molecule has 1 aliphatic rings. The lowest BCUT2D eigenvalue weighted by Gasteiger charge is -2.23. The van der Waals surface area contributed by atoms with E-state index in [0.717, 1.165) is 19.3 Å². The Morgan fingerprint density at radius 1 is 1.40 bits per heavy atom. The highest BCUT2D eigenvalue weighted by Gasteiger charge is 2.24. The lowest BCUT2D eigenvalue weighted by atomic mass is 9.98. The van der Waals surface area contributed by atoms with Crippen LogP contribution in [0.5, 0.6) is 0 Å². The van der Waals surface area contributed by atoms with E-state index in [1.165, 1.54) is 6.42 Å². The maximum atomic E-state index is 9.73. The number of rotatable bonds is 2. The average molecular weight is 208 g/mol. The summed E-state index contributed by atoms with van der Waals surface area (Å²) in [6.07, 6.45) is 4.39. The number of nitrogens with zero attached hydrogens (tertiary/aromatic N) is 1. The summed E-state index contributed by atoms with van der Waals surface area (Å²) in [7, 11) is 0. The molecule has 0 N–H and O–H groups in total. The Kier molecular flexibility index (Phi) is 3.12. The van der Waals surface area contributed by atoms with Crippen LogP contribution in [0.25, 0.3) is 0 Å². The minimum absolute atomic E-state index is 0.00579. The molecule has 4 heteroatoms. The first-order valence-corrected chi connectivity index (χ1v) is 4.38. The second-order valence-corrected chi connectivity index (χ2v) is 3.69.